The smallest absolute Gasteiger partial charge is 0.264 e. The van der Waals surface area contributed by atoms with Gasteiger partial charge in [-0.3, -0.25) is 14.2 Å². The third-order valence-electron chi connectivity index (χ3n) is 4.62. The highest BCUT2D eigenvalue weighted by Crippen LogP contribution is 2.15. The highest BCUT2D eigenvalue weighted by molar-refractivity contribution is 9.10. The number of nitrogens with zero attached hydrogens (tertiary/aromatic N) is 4. The van der Waals surface area contributed by atoms with Crippen molar-refractivity contribution in [2.75, 3.05) is 6.54 Å². The van der Waals surface area contributed by atoms with Gasteiger partial charge in [0.25, 0.3) is 11.5 Å². The molecule has 0 unspecified atom stereocenters. The Kier molecular flexibility index (Phi) is 5.71. The van der Waals surface area contributed by atoms with Gasteiger partial charge in [-0.25, -0.2) is 14.1 Å². The molecule has 0 bridgehead atoms. The van der Waals surface area contributed by atoms with E-state index >= 15 is 0 Å². The Bertz CT molecular complexity index is 1270. The minimum absolute atomic E-state index is 0.200. The summed E-state index contributed by atoms with van der Waals surface area (Å²) in [6.45, 7) is 0.987. The molecular formula is C21H17BrFN5O2. The second-order valence-electron chi connectivity index (χ2n) is 6.64. The van der Waals surface area contributed by atoms with E-state index in [2.05, 4.69) is 31.3 Å². The highest BCUT2D eigenvalue weighted by Gasteiger charge is 2.12. The van der Waals surface area contributed by atoms with Gasteiger partial charge in [-0.1, -0.05) is 24.3 Å². The van der Waals surface area contributed by atoms with Crippen LogP contribution in [-0.4, -0.2) is 31.8 Å². The molecule has 1 amide bonds. The number of carbonyl (C=O) groups excluding carboxylic acids is 1. The molecule has 1 N–H and O–H groups in total. The molecule has 0 radical (unpaired) electrons. The first kappa shape index (κ1) is 20.0. The van der Waals surface area contributed by atoms with Crippen molar-refractivity contribution in [2.24, 2.45) is 0 Å². The molecule has 0 atom stereocenters. The standard InChI is InChI=1S/C21H17BrFN5O2/c22-18-4-2-1-3-16(18)20(29)24-9-10-28-19-17(11-26-28)21(30)27(13-25-19)12-14-5-7-15(23)8-6-14/h1-8,11,13H,9-10,12H2,(H,24,29). The second-order valence-corrected chi connectivity index (χ2v) is 7.50. The largest absolute Gasteiger partial charge is 0.350 e. The van der Waals surface area contributed by atoms with Gasteiger partial charge in [-0.05, 0) is 45.8 Å². The second kappa shape index (κ2) is 8.58. The molecule has 0 saturated carbocycles. The Morgan fingerprint density at radius 2 is 1.90 bits per heavy atom. The lowest BCUT2D eigenvalue weighted by atomic mass is 10.2. The first-order valence-electron chi connectivity index (χ1n) is 9.21. The fraction of sp³-hybridized carbons (Fsp3) is 0.143. The molecular weight excluding hydrogens is 453 g/mol. The molecule has 0 saturated heterocycles. The zero-order valence-corrected chi connectivity index (χ0v) is 17.3. The van der Waals surface area contributed by atoms with Crippen LogP contribution in [0.25, 0.3) is 11.0 Å². The number of amides is 1. The van der Waals surface area contributed by atoms with Crippen LogP contribution >= 0.6 is 15.9 Å². The van der Waals surface area contributed by atoms with Crippen molar-refractivity contribution >= 4 is 32.9 Å². The maximum Gasteiger partial charge on any atom is 0.264 e. The summed E-state index contributed by atoms with van der Waals surface area (Å²) in [4.78, 5) is 29.4. The average Bonchev–Trinajstić information content (AvgIpc) is 3.15. The van der Waals surface area contributed by atoms with Gasteiger partial charge < -0.3 is 5.32 Å². The molecule has 0 aliphatic rings. The fourth-order valence-electron chi connectivity index (χ4n) is 3.08. The van der Waals surface area contributed by atoms with Crippen LogP contribution < -0.4 is 10.9 Å². The number of carbonyl (C=O) groups is 1. The van der Waals surface area contributed by atoms with Gasteiger partial charge in [-0.15, -0.1) is 0 Å². The van der Waals surface area contributed by atoms with Gasteiger partial charge >= 0.3 is 0 Å². The molecule has 2 aromatic heterocycles. The van der Waals surface area contributed by atoms with Crippen LogP contribution in [0.5, 0.6) is 0 Å². The number of hydrogen-bond acceptors (Lipinski definition) is 4. The lowest BCUT2D eigenvalue weighted by Gasteiger charge is -2.08. The molecule has 0 aliphatic heterocycles. The summed E-state index contributed by atoms with van der Waals surface area (Å²) in [5.41, 5.74) is 1.56. The number of benzene rings is 2. The molecule has 2 heterocycles. The molecule has 2 aromatic carbocycles. The van der Waals surface area contributed by atoms with Crippen LogP contribution in [0, 0.1) is 5.82 Å². The Hall–Kier alpha value is -3.33. The van der Waals surface area contributed by atoms with Crippen molar-refractivity contribution in [3.05, 3.63) is 92.8 Å². The van der Waals surface area contributed by atoms with Gasteiger partial charge in [-0.2, -0.15) is 5.10 Å². The highest BCUT2D eigenvalue weighted by atomic mass is 79.9. The molecule has 30 heavy (non-hydrogen) atoms. The van der Waals surface area contributed by atoms with E-state index in [-0.39, 0.29) is 23.8 Å². The van der Waals surface area contributed by atoms with E-state index < -0.39 is 0 Å². The van der Waals surface area contributed by atoms with Crippen molar-refractivity contribution in [3.63, 3.8) is 0 Å². The number of nitrogens with one attached hydrogen (secondary N) is 1. The number of aromatic nitrogens is 4. The van der Waals surface area contributed by atoms with Crippen molar-refractivity contribution in [3.8, 4) is 0 Å². The Balaban J connectivity index is 1.46. The van der Waals surface area contributed by atoms with Gasteiger partial charge in [0.05, 0.1) is 24.8 Å². The lowest BCUT2D eigenvalue weighted by molar-refractivity contribution is 0.0951. The molecule has 7 nitrogen and oxygen atoms in total. The summed E-state index contributed by atoms with van der Waals surface area (Å²) in [5.74, 6) is -0.527. The zero-order valence-electron chi connectivity index (χ0n) is 15.8. The van der Waals surface area contributed by atoms with Crippen molar-refractivity contribution < 1.29 is 9.18 Å². The van der Waals surface area contributed by atoms with Crippen LogP contribution in [0.15, 0.2) is 70.3 Å². The summed E-state index contributed by atoms with van der Waals surface area (Å²) in [5, 5.41) is 7.45. The van der Waals surface area contributed by atoms with E-state index in [1.54, 1.807) is 35.0 Å². The normalized spacial score (nSPS) is 11.0. The van der Waals surface area contributed by atoms with E-state index in [0.717, 1.165) is 10.0 Å². The van der Waals surface area contributed by atoms with Crippen molar-refractivity contribution in [1.82, 2.24) is 24.6 Å². The Labute approximate surface area is 179 Å². The number of rotatable bonds is 6. The van der Waals surface area contributed by atoms with Crippen molar-refractivity contribution in [2.45, 2.75) is 13.1 Å². The van der Waals surface area contributed by atoms with Gasteiger partial charge in [0.1, 0.15) is 17.5 Å². The Morgan fingerprint density at radius 1 is 1.13 bits per heavy atom. The Morgan fingerprint density at radius 3 is 2.67 bits per heavy atom. The maximum absolute atomic E-state index is 13.1. The topological polar surface area (TPSA) is 81.8 Å². The summed E-state index contributed by atoms with van der Waals surface area (Å²) < 4.78 is 16.8. The molecule has 9 heteroatoms. The summed E-state index contributed by atoms with van der Waals surface area (Å²) >= 11 is 3.36. The number of hydrogen-bond donors (Lipinski definition) is 1. The quantitative estimate of drug-likeness (QED) is 0.470. The average molecular weight is 470 g/mol. The van der Waals surface area contributed by atoms with Gasteiger partial charge in [0, 0.05) is 11.0 Å². The van der Waals surface area contributed by atoms with Crippen molar-refractivity contribution in [1.29, 1.82) is 0 Å². The van der Waals surface area contributed by atoms with Crippen LogP contribution in [0.1, 0.15) is 15.9 Å². The van der Waals surface area contributed by atoms with E-state index in [4.69, 9.17) is 0 Å². The first-order chi connectivity index (χ1) is 14.5. The third-order valence-corrected chi connectivity index (χ3v) is 5.31. The SMILES string of the molecule is O=C(NCCn1ncc2c(=O)n(Cc3ccc(F)cc3)cnc21)c1ccccc1Br. The summed E-state index contributed by atoms with van der Waals surface area (Å²) in [6.07, 6.45) is 2.92. The van der Waals surface area contributed by atoms with Crippen LogP contribution in [-0.2, 0) is 13.1 Å². The van der Waals surface area contributed by atoms with Gasteiger partial charge in [0.2, 0.25) is 0 Å². The number of fused-ring (bicyclic) bond motifs is 1. The molecule has 0 aliphatic carbocycles. The molecule has 4 rings (SSSR count). The molecule has 152 valence electrons. The third kappa shape index (κ3) is 4.16. The van der Waals surface area contributed by atoms with Crippen LogP contribution in [0.3, 0.4) is 0 Å². The number of halogens is 2. The van der Waals surface area contributed by atoms with Crippen LogP contribution in [0.4, 0.5) is 4.39 Å². The minimum Gasteiger partial charge on any atom is -0.350 e. The van der Waals surface area contributed by atoms with Gasteiger partial charge in [0.15, 0.2) is 5.65 Å². The zero-order chi connectivity index (χ0) is 21.1. The molecule has 4 aromatic rings. The maximum atomic E-state index is 13.1. The monoisotopic (exact) mass is 469 g/mol. The van der Waals surface area contributed by atoms with Crippen LogP contribution in [0.2, 0.25) is 0 Å². The summed E-state index contributed by atoms with van der Waals surface area (Å²) in [6, 6.07) is 13.1. The lowest BCUT2D eigenvalue weighted by Crippen LogP contribution is -2.28. The van der Waals surface area contributed by atoms with E-state index in [1.165, 1.54) is 29.2 Å². The van der Waals surface area contributed by atoms with E-state index in [0.29, 0.717) is 29.7 Å². The fourth-order valence-corrected chi connectivity index (χ4v) is 3.54. The summed E-state index contributed by atoms with van der Waals surface area (Å²) in [7, 11) is 0. The minimum atomic E-state index is -0.326. The first-order valence-corrected chi connectivity index (χ1v) is 10.0. The molecule has 0 spiro atoms. The molecule has 0 fully saturated rings. The van der Waals surface area contributed by atoms with E-state index in [1.807, 2.05) is 6.07 Å². The van der Waals surface area contributed by atoms with E-state index in [9.17, 15) is 14.0 Å². The predicted molar refractivity (Wildman–Crippen MR) is 114 cm³/mol. The predicted octanol–water partition coefficient (Wildman–Crippen LogP) is 2.97.